The van der Waals surface area contributed by atoms with Crippen molar-refractivity contribution < 1.29 is 47.2 Å². The second-order valence-electron chi connectivity index (χ2n) is 6.14. The van der Waals surface area contributed by atoms with Crippen molar-refractivity contribution in [2.75, 3.05) is 36.8 Å². The Morgan fingerprint density at radius 3 is 1.19 bits per heavy atom. The molecule has 0 aliphatic rings. The number of halogens is 2. The summed E-state index contributed by atoms with van der Waals surface area (Å²) in [6.07, 6.45) is 0. The van der Waals surface area contributed by atoms with Crippen LogP contribution in [0.5, 0.6) is 0 Å². The van der Waals surface area contributed by atoms with E-state index in [1.807, 2.05) is 0 Å². The predicted molar refractivity (Wildman–Crippen MR) is 102 cm³/mol. The van der Waals surface area contributed by atoms with Crippen LogP contribution in [-0.2, 0) is 22.4 Å². The fourth-order valence-electron chi connectivity index (χ4n) is 2.86. The fraction of sp³-hybridized carbons (Fsp3) is 0.400. The number of benzene rings is 2. The molecular formula is C20H29AuCl2N3. The van der Waals surface area contributed by atoms with Crippen LogP contribution in [-0.4, -0.2) is 26.2 Å². The molecular weight excluding hydrogens is 550 g/mol. The summed E-state index contributed by atoms with van der Waals surface area (Å²) in [5.41, 5.74) is 7.76. The van der Waals surface area contributed by atoms with E-state index in [-0.39, 0.29) is 47.2 Å². The minimum Gasteiger partial charge on any atom is -1.00 e. The molecule has 0 aromatic heterocycles. The third-order valence-electron chi connectivity index (χ3n) is 4.17. The molecule has 0 aliphatic heterocycles. The molecule has 149 valence electrons. The molecule has 2 rings (SSSR count). The molecule has 6 heteroatoms. The van der Waals surface area contributed by atoms with E-state index in [9.17, 15) is 0 Å². The van der Waals surface area contributed by atoms with Gasteiger partial charge in [-0.1, -0.05) is 36.4 Å². The average Bonchev–Trinajstić information content (AvgIpc) is 2.51. The third-order valence-corrected chi connectivity index (χ3v) is 4.17. The summed E-state index contributed by atoms with van der Waals surface area (Å²) in [6, 6.07) is 12.8. The van der Waals surface area contributed by atoms with Crippen LogP contribution < -0.4 is 40.8 Å². The fourth-order valence-corrected chi connectivity index (χ4v) is 2.86. The molecule has 3 nitrogen and oxygen atoms in total. The molecule has 0 amide bonds. The number of rotatable bonds is 8. The second kappa shape index (κ2) is 14.4. The smallest absolute Gasteiger partial charge is 1.00 e. The second-order valence-corrected chi connectivity index (χ2v) is 6.14. The van der Waals surface area contributed by atoms with E-state index in [0.29, 0.717) is 0 Å². The van der Waals surface area contributed by atoms with Crippen LogP contribution in [0.2, 0.25) is 0 Å². The van der Waals surface area contributed by atoms with Crippen molar-refractivity contribution in [1.82, 2.24) is 5.32 Å². The molecule has 26 heavy (non-hydrogen) atoms. The minimum absolute atomic E-state index is 0. The molecule has 0 aliphatic carbocycles. The maximum atomic E-state index is 3.53. The van der Waals surface area contributed by atoms with Gasteiger partial charge in [-0.3, -0.25) is 0 Å². The zero-order chi connectivity index (χ0) is 16.7. The SMILES string of the molecule is Cc1cccc(C)c1NCCNCCNc1c(C)cccc1C.[Au+2].[Cl-].[Cl-]. The van der Waals surface area contributed by atoms with Gasteiger partial charge >= 0.3 is 22.4 Å². The summed E-state index contributed by atoms with van der Waals surface area (Å²) in [6.45, 7) is 12.4. The van der Waals surface area contributed by atoms with Crippen LogP contribution in [0.3, 0.4) is 0 Å². The zero-order valence-electron chi connectivity index (χ0n) is 15.8. The first-order valence-corrected chi connectivity index (χ1v) is 8.40. The van der Waals surface area contributed by atoms with Gasteiger partial charge in [0.25, 0.3) is 0 Å². The molecule has 0 bridgehead atoms. The molecule has 0 fully saturated rings. The molecule has 0 spiro atoms. The largest absolute Gasteiger partial charge is 2.00 e. The number of nitrogens with one attached hydrogen (secondary N) is 3. The summed E-state index contributed by atoms with van der Waals surface area (Å²) in [7, 11) is 0. The third kappa shape index (κ3) is 8.34. The number of anilines is 2. The Morgan fingerprint density at radius 2 is 0.885 bits per heavy atom. The molecule has 0 saturated carbocycles. The van der Waals surface area contributed by atoms with Gasteiger partial charge in [0.05, 0.1) is 0 Å². The van der Waals surface area contributed by atoms with Crippen LogP contribution in [0.25, 0.3) is 0 Å². The Kier molecular flexibility index (Phi) is 15.2. The quantitative estimate of drug-likeness (QED) is 0.252. The van der Waals surface area contributed by atoms with E-state index in [0.717, 1.165) is 26.2 Å². The Labute approximate surface area is 186 Å². The number of hydrogen-bond donors (Lipinski definition) is 3. The molecule has 1 radical (unpaired) electrons. The molecule has 0 unspecified atom stereocenters. The first kappa shape index (κ1) is 27.5. The van der Waals surface area contributed by atoms with Gasteiger partial charge in [0, 0.05) is 37.6 Å². The summed E-state index contributed by atoms with van der Waals surface area (Å²) >= 11 is 0. The van der Waals surface area contributed by atoms with Gasteiger partial charge in [-0.2, -0.15) is 0 Å². The van der Waals surface area contributed by atoms with Crippen molar-refractivity contribution in [3.8, 4) is 0 Å². The van der Waals surface area contributed by atoms with Gasteiger partial charge in [-0.25, -0.2) is 0 Å². The van der Waals surface area contributed by atoms with Gasteiger partial charge in [0.2, 0.25) is 0 Å². The van der Waals surface area contributed by atoms with E-state index in [1.165, 1.54) is 33.6 Å². The molecule has 2 aromatic carbocycles. The van der Waals surface area contributed by atoms with Gasteiger partial charge in [0.1, 0.15) is 0 Å². The van der Waals surface area contributed by atoms with Gasteiger partial charge in [0.15, 0.2) is 0 Å². The topological polar surface area (TPSA) is 36.1 Å². The van der Waals surface area contributed by atoms with Crippen LogP contribution in [0.4, 0.5) is 11.4 Å². The van der Waals surface area contributed by atoms with E-state index in [2.05, 4.69) is 80.0 Å². The van der Waals surface area contributed by atoms with Gasteiger partial charge < -0.3 is 40.8 Å². The standard InChI is InChI=1S/C20H29N3.Au.2ClH/c1-15-7-5-8-16(2)19(15)22-13-11-21-12-14-23-20-17(3)9-6-10-18(20)4;;;/h5-10,21-23H,11-14H2,1-4H3;;2*1H/q;+2;;/p-2. The average molecular weight is 579 g/mol. The normalized spacial score (nSPS) is 9.38. The van der Waals surface area contributed by atoms with E-state index in [1.54, 1.807) is 0 Å². The van der Waals surface area contributed by atoms with E-state index >= 15 is 0 Å². The molecule has 0 atom stereocenters. The Morgan fingerprint density at radius 1 is 0.577 bits per heavy atom. The van der Waals surface area contributed by atoms with Crippen molar-refractivity contribution in [3.63, 3.8) is 0 Å². The Hall–Kier alpha value is -0.680. The summed E-state index contributed by atoms with van der Waals surface area (Å²) in [4.78, 5) is 0. The van der Waals surface area contributed by atoms with Crippen LogP contribution in [0.1, 0.15) is 22.3 Å². The first-order chi connectivity index (χ1) is 11.1. The van der Waals surface area contributed by atoms with E-state index in [4.69, 9.17) is 0 Å². The number of hydrogen-bond acceptors (Lipinski definition) is 3. The van der Waals surface area contributed by atoms with Crippen LogP contribution in [0.15, 0.2) is 36.4 Å². The maximum Gasteiger partial charge on any atom is 2.00 e. The van der Waals surface area contributed by atoms with Crippen molar-refractivity contribution in [1.29, 1.82) is 0 Å². The van der Waals surface area contributed by atoms with Gasteiger partial charge in [-0.15, -0.1) is 0 Å². The van der Waals surface area contributed by atoms with Crippen molar-refractivity contribution in [2.45, 2.75) is 27.7 Å². The first-order valence-electron chi connectivity index (χ1n) is 8.40. The van der Waals surface area contributed by atoms with Crippen molar-refractivity contribution in [3.05, 3.63) is 58.7 Å². The molecule has 3 N–H and O–H groups in total. The summed E-state index contributed by atoms with van der Waals surface area (Å²) in [5.74, 6) is 0. The van der Waals surface area contributed by atoms with Crippen molar-refractivity contribution >= 4 is 11.4 Å². The Bertz CT molecular complexity index is 555. The van der Waals surface area contributed by atoms with Crippen molar-refractivity contribution in [2.24, 2.45) is 0 Å². The summed E-state index contributed by atoms with van der Waals surface area (Å²) < 4.78 is 0. The summed E-state index contributed by atoms with van der Waals surface area (Å²) in [5, 5.41) is 10.5. The van der Waals surface area contributed by atoms with Crippen LogP contribution in [0, 0.1) is 27.7 Å². The molecule has 0 heterocycles. The maximum absolute atomic E-state index is 3.53. The monoisotopic (exact) mass is 578 g/mol. The molecule has 0 saturated heterocycles. The number of para-hydroxylation sites is 2. The number of aryl methyl sites for hydroxylation is 4. The van der Waals surface area contributed by atoms with Gasteiger partial charge in [-0.05, 0) is 49.9 Å². The van der Waals surface area contributed by atoms with Crippen LogP contribution >= 0.6 is 0 Å². The molecule has 2 aromatic rings. The predicted octanol–water partition coefficient (Wildman–Crippen LogP) is -1.96. The Balaban J connectivity index is 0. The van der Waals surface area contributed by atoms with E-state index < -0.39 is 0 Å². The minimum atomic E-state index is 0. The zero-order valence-corrected chi connectivity index (χ0v) is 19.5.